The van der Waals surface area contributed by atoms with E-state index in [1.54, 1.807) is 18.9 Å². The van der Waals surface area contributed by atoms with Gasteiger partial charge in [-0.2, -0.15) is 0 Å². The molecule has 0 spiro atoms. The van der Waals surface area contributed by atoms with E-state index in [1.165, 1.54) is 0 Å². The van der Waals surface area contributed by atoms with Crippen LogP contribution in [0.5, 0.6) is 0 Å². The molecule has 2 unspecified atom stereocenters. The summed E-state index contributed by atoms with van der Waals surface area (Å²) in [7, 11) is 1.61. The van der Waals surface area contributed by atoms with E-state index < -0.39 is 11.6 Å². The molecule has 0 aromatic rings. The molecule has 2 amide bonds. The summed E-state index contributed by atoms with van der Waals surface area (Å²) >= 11 is 0. The highest BCUT2D eigenvalue weighted by molar-refractivity contribution is 5.99. The third kappa shape index (κ3) is 2.51. The van der Waals surface area contributed by atoms with Crippen LogP contribution in [-0.2, 0) is 14.3 Å². The Kier molecular flexibility index (Phi) is 4.73. The molecule has 104 valence electrons. The van der Waals surface area contributed by atoms with Crippen molar-refractivity contribution in [1.82, 2.24) is 10.2 Å². The van der Waals surface area contributed by atoms with Gasteiger partial charge in [-0.05, 0) is 26.7 Å². The van der Waals surface area contributed by atoms with Crippen LogP contribution in [0.3, 0.4) is 0 Å². The van der Waals surface area contributed by atoms with Gasteiger partial charge in [-0.1, -0.05) is 13.8 Å². The molecule has 1 N–H and O–H groups in total. The van der Waals surface area contributed by atoms with Gasteiger partial charge in [0.2, 0.25) is 11.8 Å². The van der Waals surface area contributed by atoms with Gasteiger partial charge in [-0.25, -0.2) is 0 Å². The number of piperazine rings is 1. The van der Waals surface area contributed by atoms with Crippen LogP contribution in [0.25, 0.3) is 0 Å². The number of ether oxygens (including phenoxy) is 1. The fourth-order valence-electron chi connectivity index (χ4n) is 2.31. The van der Waals surface area contributed by atoms with Crippen LogP contribution in [-0.4, -0.2) is 48.1 Å². The zero-order valence-electron chi connectivity index (χ0n) is 11.9. The smallest absolute Gasteiger partial charge is 0.249 e. The maximum atomic E-state index is 12.6. The Labute approximate surface area is 109 Å². The lowest BCUT2D eigenvalue weighted by Gasteiger charge is -2.45. The van der Waals surface area contributed by atoms with E-state index in [2.05, 4.69) is 5.32 Å². The maximum Gasteiger partial charge on any atom is 0.249 e. The zero-order chi connectivity index (χ0) is 13.9. The largest absolute Gasteiger partial charge is 0.380 e. The average Bonchev–Trinajstić information content (AvgIpc) is 2.38. The molecule has 0 aliphatic carbocycles. The van der Waals surface area contributed by atoms with Gasteiger partial charge in [0.25, 0.3) is 0 Å². The molecule has 18 heavy (non-hydrogen) atoms. The molecular weight excluding hydrogens is 232 g/mol. The molecule has 2 atom stereocenters. The van der Waals surface area contributed by atoms with Gasteiger partial charge in [0.15, 0.2) is 0 Å². The molecule has 0 aromatic heterocycles. The van der Waals surface area contributed by atoms with Gasteiger partial charge in [-0.3, -0.25) is 9.59 Å². The standard InChI is InChI=1S/C13H24N2O3/c1-6-13(7-2)12(17)15(8-9(3)18-5)10(4)11(16)14-13/h9-10H,6-8H2,1-5H3,(H,14,16). The van der Waals surface area contributed by atoms with E-state index in [0.717, 1.165) is 0 Å². The first-order chi connectivity index (χ1) is 8.41. The fourth-order valence-corrected chi connectivity index (χ4v) is 2.31. The number of carbonyl (C=O) groups is 2. The molecule has 1 aliphatic rings. The number of hydrogen-bond acceptors (Lipinski definition) is 3. The Balaban J connectivity index is 2.99. The number of hydrogen-bond donors (Lipinski definition) is 1. The van der Waals surface area contributed by atoms with Crippen molar-refractivity contribution >= 4 is 11.8 Å². The fraction of sp³-hybridized carbons (Fsp3) is 0.846. The van der Waals surface area contributed by atoms with E-state index in [0.29, 0.717) is 19.4 Å². The molecule has 5 heteroatoms. The number of nitrogens with zero attached hydrogens (tertiary/aromatic N) is 1. The number of rotatable bonds is 5. The van der Waals surface area contributed by atoms with Crippen molar-refractivity contribution in [3.05, 3.63) is 0 Å². The van der Waals surface area contributed by atoms with Gasteiger partial charge >= 0.3 is 0 Å². The first kappa shape index (κ1) is 15.0. The van der Waals surface area contributed by atoms with Crippen LogP contribution in [0.2, 0.25) is 0 Å². The average molecular weight is 256 g/mol. The highest BCUT2D eigenvalue weighted by Gasteiger charge is 2.47. The first-order valence-corrected chi connectivity index (χ1v) is 6.57. The summed E-state index contributed by atoms with van der Waals surface area (Å²) in [5.74, 6) is -0.0786. The van der Waals surface area contributed by atoms with Crippen molar-refractivity contribution in [3.63, 3.8) is 0 Å². The SMILES string of the molecule is CCC1(CC)NC(=O)C(C)N(CC(C)OC)C1=O. The zero-order valence-corrected chi connectivity index (χ0v) is 11.9. The lowest BCUT2D eigenvalue weighted by molar-refractivity contribution is -0.156. The Morgan fingerprint density at radius 3 is 2.39 bits per heavy atom. The summed E-state index contributed by atoms with van der Waals surface area (Å²) in [6.07, 6.45) is 1.14. The van der Waals surface area contributed by atoms with Crippen LogP contribution in [0.15, 0.2) is 0 Å². The van der Waals surface area contributed by atoms with E-state index in [4.69, 9.17) is 4.74 Å². The Hall–Kier alpha value is -1.10. The minimum Gasteiger partial charge on any atom is -0.380 e. The van der Waals surface area contributed by atoms with E-state index in [-0.39, 0.29) is 17.9 Å². The van der Waals surface area contributed by atoms with Crippen molar-refractivity contribution in [3.8, 4) is 0 Å². The molecule has 0 saturated carbocycles. The van der Waals surface area contributed by atoms with Gasteiger partial charge < -0.3 is 15.0 Å². The summed E-state index contributed by atoms with van der Waals surface area (Å²) in [6, 6.07) is -0.429. The van der Waals surface area contributed by atoms with Gasteiger partial charge in [0.1, 0.15) is 11.6 Å². The highest BCUT2D eigenvalue weighted by atomic mass is 16.5. The molecule has 1 fully saturated rings. The van der Waals surface area contributed by atoms with Crippen molar-refractivity contribution in [2.45, 2.75) is 58.2 Å². The number of methoxy groups -OCH3 is 1. The third-order valence-electron chi connectivity index (χ3n) is 3.94. The number of carbonyl (C=O) groups excluding carboxylic acids is 2. The minimum atomic E-state index is -0.739. The first-order valence-electron chi connectivity index (χ1n) is 6.57. The molecule has 0 aromatic carbocycles. The lowest BCUT2D eigenvalue weighted by Crippen LogP contribution is -2.70. The van der Waals surface area contributed by atoms with Gasteiger partial charge in [0.05, 0.1) is 6.10 Å². The topological polar surface area (TPSA) is 58.6 Å². The maximum absolute atomic E-state index is 12.6. The second-order valence-corrected chi connectivity index (χ2v) is 4.96. The second kappa shape index (κ2) is 5.69. The monoisotopic (exact) mass is 256 g/mol. The number of amides is 2. The molecule has 0 bridgehead atoms. The summed E-state index contributed by atoms with van der Waals surface area (Å²) in [6.45, 7) is 7.95. The van der Waals surface area contributed by atoms with Crippen LogP contribution in [0.4, 0.5) is 0 Å². The molecule has 1 heterocycles. The Morgan fingerprint density at radius 1 is 1.39 bits per heavy atom. The molecule has 5 nitrogen and oxygen atoms in total. The molecule has 0 radical (unpaired) electrons. The highest BCUT2D eigenvalue weighted by Crippen LogP contribution is 2.25. The van der Waals surface area contributed by atoms with Crippen molar-refractivity contribution in [2.24, 2.45) is 0 Å². The molecule has 1 rings (SSSR count). The van der Waals surface area contributed by atoms with Crippen molar-refractivity contribution in [1.29, 1.82) is 0 Å². The second-order valence-electron chi connectivity index (χ2n) is 4.96. The van der Waals surface area contributed by atoms with Crippen molar-refractivity contribution in [2.75, 3.05) is 13.7 Å². The van der Waals surface area contributed by atoms with Crippen LogP contribution in [0.1, 0.15) is 40.5 Å². The van der Waals surface area contributed by atoms with Gasteiger partial charge in [0, 0.05) is 13.7 Å². The van der Waals surface area contributed by atoms with Crippen molar-refractivity contribution < 1.29 is 14.3 Å². The molecule has 1 aliphatic heterocycles. The van der Waals surface area contributed by atoms with Gasteiger partial charge in [-0.15, -0.1) is 0 Å². The molecular formula is C13H24N2O3. The predicted octanol–water partition coefficient (Wildman–Crippen LogP) is 0.927. The van der Waals surface area contributed by atoms with Crippen LogP contribution in [0, 0.1) is 0 Å². The summed E-state index contributed by atoms with van der Waals surface area (Å²) in [5, 5.41) is 2.88. The quantitative estimate of drug-likeness (QED) is 0.796. The number of nitrogens with one attached hydrogen (secondary N) is 1. The summed E-state index contributed by atoms with van der Waals surface area (Å²) in [5.41, 5.74) is -0.739. The Morgan fingerprint density at radius 2 is 1.94 bits per heavy atom. The van der Waals surface area contributed by atoms with E-state index in [1.807, 2.05) is 20.8 Å². The molecule has 1 saturated heterocycles. The summed E-state index contributed by atoms with van der Waals surface area (Å²) in [4.78, 5) is 26.2. The lowest BCUT2D eigenvalue weighted by atomic mass is 9.87. The third-order valence-corrected chi connectivity index (χ3v) is 3.94. The normalized spacial score (nSPS) is 24.9. The predicted molar refractivity (Wildman–Crippen MR) is 69.1 cm³/mol. The summed E-state index contributed by atoms with van der Waals surface area (Å²) < 4.78 is 5.19. The minimum absolute atomic E-state index is 0.00324. The van der Waals surface area contributed by atoms with Crippen LogP contribution >= 0.6 is 0 Å². The Bertz CT molecular complexity index is 326. The van der Waals surface area contributed by atoms with E-state index >= 15 is 0 Å². The van der Waals surface area contributed by atoms with E-state index in [9.17, 15) is 9.59 Å². The van der Waals surface area contributed by atoms with Crippen LogP contribution < -0.4 is 5.32 Å².